The van der Waals surface area contributed by atoms with E-state index in [1.165, 1.54) is 30.5 Å². The summed E-state index contributed by atoms with van der Waals surface area (Å²) >= 11 is 0. The lowest BCUT2D eigenvalue weighted by Crippen LogP contribution is -2.56. The number of fused-ring (bicyclic) bond motifs is 3. The van der Waals surface area contributed by atoms with Crippen molar-refractivity contribution in [3.05, 3.63) is 47.7 Å². The lowest BCUT2D eigenvalue weighted by Gasteiger charge is -2.50. The Labute approximate surface area is 292 Å². The molecule has 2 aromatic heterocycles. The van der Waals surface area contributed by atoms with Gasteiger partial charge in [-0.05, 0) is 75.1 Å². The van der Waals surface area contributed by atoms with Crippen molar-refractivity contribution in [3.63, 3.8) is 0 Å². The molecule has 2 atom stereocenters. The number of hydrogen-bond donors (Lipinski definition) is 1. The summed E-state index contributed by atoms with van der Waals surface area (Å²) in [6.07, 6.45) is 15.3. The van der Waals surface area contributed by atoms with E-state index in [-0.39, 0.29) is 44.9 Å². The van der Waals surface area contributed by atoms with Crippen LogP contribution in [0.5, 0.6) is 11.8 Å². The highest BCUT2D eigenvalue weighted by atomic mass is 32.2. The third-order valence-corrected chi connectivity index (χ3v) is 12.7. The number of halogens is 2. The average molecular weight is 702 g/mol. The van der Waals surface area contributed by atoms with E-state index in [4.69, 9.17) is 20.9 Å². The van der Waals surface area contributed by atoms with Crippen LogP contribution in [0.3, 0.4) is 0 Å². The molecule has 8 rings (SSSR count). The third kappa shape index (κ3) is 5.97. The molecule has 2 unspecified atom stereocenters. The second-order valence-electron chi connectivity index (χ2n) is 14.1. The minimum atomic E-state index is -0.739. The van der Waals surface area contributed by atoms with Gasteiger partial charge in [-0.3, -0.25) is 14.1 Å². The SMILES string of the molecule is C#Cc1c(F)ccc2cc(O)cc(-c3ncc4c(N5CCCOCC5)nc(OCC56CCCC5N(C5CCS(=O)CC5)CCC6)nc4c3F)c12. The number of aromatic nitrogens is 3. The molecule has 2 aromatic carbocycles. The Kier molecular flexibility index (Phi) is 9.08. The van der Waals surface area contributed by atoms with Crippen LogP contribution in [0.15, 0.2) is 30.5 Å². The number of pyridine rings is 1. The van der Waals surface area contributed by atoms with Gasteiger partial charge >= 0.3 is 6.01 Å². The van der Waals surface area contributed by atoms with Gasteiger partial charge in [0.15, 0.2) is 5.82 Å². The number of benzene rings is 2. The van der Waals surface area contributed by atoms with Crippen LogP contribution < -0.4 is 9.64 Å². The summed E-state index contributed by atoms with van der Waals surface area (Å²) in [4.78, 5) is 18.8. The van der Waals surface area contributed by atoms with Gasteiger partial charge in [-0.25, -0.2) is 8.78 Å². The summed E-state index contributed by atoms with van der Waals surface area (Å²) < 4.78 is 56.2. The van der Waals surface area contributed by atoms with Crippen LogP contribution in [0.25, 0.3) is 32.9 Å². The average Bonchev–Trinajstić information content (AvgIpc) is 3.37. The molecule has 0 bridgehead atoms. The molecule has 4 fully saturated rings. The van der Waals surface area contributed by atoms with Crippen LogP contribution in [0.2, 0.25) is 0 Å². The first-order valence-corrected chi connectivity index (χ1v) is 19.2. The topological polar surface area (TPSA) is 101 Å². The molecular formula is C38H41F2N5O4S. The van der Waals surface area contributed by atoms with Gasteiger partial charge in [0.05, 0.1) is 24.2 Å². The van der Waals surface area contributed by atoms with Crippen LogP contribution in [0, 0.1) is 29.4 Å². The fourth-order valence-electron chi connectivity index (χ4n) is 8.92. The molecule has 9 nitrogen and oxygen atoms in total. The third-order valence-electron chi connectivity index (χ3n) is 11.3. The van der Waals surface area contributed by atoms with E-state index in [2.05, 4.69) is 25.7 Å². The zero-order valence-electron chi connectivity index (χ0n) is 28.0. The fraction of sp³-hybridized carbons (Fsp3) is 0.500. The van der Waals surface area contributed by atoms with Gasteiger partial charge in [0.2, 0.25) is 0 Å². The first-order chi connectivity index (χ1) is 24.3. The van der Waals surface area contributed by atoms with Crippen LogP contribution in [0.4, 0.5) is 14.6 Å². The number of phenolic OH excluding ortho intramolecular Hbond substituents is 1. The molecule has 4 aliphatic rings. The van der Waals surface area contributed by atoms with Crippen LogP contribution in [-0.2, 0) is 15.5 Å². The first-order valence-electron chi connectivity index (χ1n) is 17.7. The Balaban J connectivity index is 1.20. The van der Waals surface area contributed by atoms with Crippen molar-refractivity contribution in [3.8, 4) is 35.4 Å². The van der Waals surface area contributed by atoms with E-state index in [1.54, 1.807) is 0 Å². The number of ether oxygens (including phenoxy) is 2. The molecule has 3 saturated heterocycles. The molecule has 4 aromatic rings. The summed E-state index contributed by atoms with van der Waals surface area (Å²) in [5, 5.41) is 11.8. The van der Waals surface area contributed by atoms with Gasteiger partial charge in [-0.15, -0.1) is 6.42 Å². The second-order valence-corrected chi connectivity index (χ2v) is 15.8. The number of aromatic hydroxyl groups is 1. The summed E-state index contributed by atoms with van der Waals surface area (Å²) in [5.41, 5.74) is -0.0253. The molecule has 0 radical (unpaired) electrons. The maximum atomic E-state index is 16.9. The molecule has 12 heteroatoms. The zero-order chi connectivity index (χ0) is 34.4. The van der Waals surface area contributed by atoms with Crippen molar-refractivity contribution in [2.75, 3.05) is 55.9 Å². The molecule has 3 aliphatic heterocycles. The lowest BCUT2D eigenvalue weighted by atomic mass is 9.74. The Morgan fingerprint density at radius 2 is 1.90 bits per heavy atom. The van der Waals surface area contributed by atoms with Crippen molar-refractivity contribution in [2.24, 2.45) is 5.41 Å². The maximum Gasteiger partial charge on any atom is 0.319 e. The van der Waals surface area contributed by atoms with Crippen molar-refractivity contribution in [2.45, 2.75) is 63.5 Å². The number of likely N-dealkylation sites (tertiary alicyclic amines) is 1. The smallest absolute Gasteiger partial charge is 0.319 e. The standard InChI is InChI=1S/C38H41F2N5O4S/c1-2-27-30(39)8-7-24-20-26(46)21-28(32(24)27)34-33(40)35-29(22-41-34)36(44-13-5-16-48-17-15-44)43-37(42-35)49-23-38-11-3-6-31(38)45(14-4-12-38)25-9-18-50(47)19-10-25/h1,7-8,20-22,25,31,46H,3-6,9-19,23H2. The van der Waals surface area contributed by atoms with E-state index < -0.39 is 22.4 Å². The molecule has 5 heterocycles. The van der Waals surface area contributed by atoms with Crippen molar-refractivity contribution >= 4 is 38.3 Å². The van der Waals surface area contributed by atoms with E-state index >= 15 is 4.39 Å². The van der Waals surface area contributed by atoms with Crippen molar-refractivity contribution in [1.29, 1.82) is 0 Å². The number of anilines is 1. The minimum absolute atomic E-state index is 0.0243. The summed E-state index contributed by atoms with van der Waals surface area (Å²) in [7, 11) is -0.708. The number of hydrogen-bond acceptors (Lipinski definition) is 9. The largest absolute Gasteiger partial charge is 0.508 e. The van der Waals surface area contributed by atoms with Crippen LogP contribution >= 0.6 is 0 Å². The highest BCUT2D eigenvalue weighted by molar-refractivity contribution is 7.85. The number of nitrogens with zero attached hydrogens (tertiary/aromatic N) is 5. The Morgan fingerprint density at radius 1 is 1.06 bits per heavy atom. The molecule has 0 amide bonds. The number of terminal acetylenes is 1. The molecule has 1 aliphatic carbocycles. The predicted octanol–water partition coefficient (Wildman–Crippen LogP) is 5.96. The predicted molar refractivity (Wildman–Crippen MR) is 190 cm³/mol. The van der Waals surface area contributed by atoms with Gasteiger partial charge in [0.1, 0.15) is 28.6 Å². The van der Waals surface area contributed by atoms with Gasteiger partial charge < -0.3 is 19.5 Å². The Hall–Kier alpha value is -3.92. The molecule has 1 N–H and O–H groups in total. The van der Waals surface area contributed by atoms with E-state index in [9.17, 15) is 13.7 Å². The normalized spacial score (nSPS) is 26.1. The number of rotatable bonds is 6. The quantitative estimate of drug-likeness (QED) is 0.244. The fourth-order valence-corrected chi connectivity index (χ4v) is 10.2. The van der Waals surface area contributed by atoms with Crippen molar-refractivity contribution in [1.82, 2.24) is 19.9 Å². The first kappa shape index (κ1) is 33.2. The monoisotopic (exact) mass is 701 g/mol. The van der Waals surface area contributed by atoms with Crippen LogP contribution in [-0.4, -0.2) is 92.2 Å². The Bertz CT molecular complexity index is 2010. The summed E-state index contributed by atoms with van der Waals surface area (Å²) in [6.45, 7) is 3.81. The molecule has 0 spiro atoms. The molecular weight excluding hydrogens is 661 g/mol. The number of phenols is 1. The van der Waals surface area contributed by atoms with E-state index in [1.807, 2.05) is 0 Å². The molecule has 262 valence electrons. The van der Waals surface area contributed by atoms with Crippen molar-refractivity contribution < 1.29 is 27.6 Å². The van der Waals surface area contributed by atoms with Gasteiger partial charge in [0, 0.05) is 76.6 Å². The van der Waals surface area contributed by atoms with E-state index in [0.29, 0.717) is 61.6 Å². The lowest BCUT2D eigenvalue weighted by molar-refractivity contribution is -0.0244. The summed E-state index contributed by atoms with van der Waals surface area (Å²) in [5.74, 6) is 2.96. The molecule has 50 heavy (non-hydrogen) atoms. The maximum absolute atomic E-state index is 16.9. The van der Waals surface area contributed by atoms with Gasteiger partial charge in [0.25, 0.3) is 0 Å². The number of piperidine rings is 1. The van der Waals surface area contributed by atoms with E-state index in [0.717, 1.165) is 69.4 Å². The second kappa shape index (κ2) is 13.7. The highest BCUT2D eigenvalue weighted by Crippen LogP contribution is 2.49. The zero-order valence-corrected chi connectivity index (χ0v) is 28.8. The highest BCUT2D eigenvalue weighted by Gasteiger charge is 2.50. The van der Waals surface area contributed by atoms with Gasteiger partial charge in [-0.1, -0.05) is 18.4 Å². The Morgan fingerprint density at radius 3 is 2.74 bits per heavy atom. The van der Waals surface area contributed by atoms with Crippen LogP contribution in [0.1, 0.15) is 56.9 Å². The molecule has 1 saturated carbocycles. The summed E-state index contributed by atoms with van der Waals surface area (Å²) in [6, 6.07) is 6.45. The minimum Gasteiger partial charge on any atom is -0.508 e. The van der Waals surface area contributed by atoms with Gasteiger partial charge in [-0.2, -0.15) is 9.97 Å².